The van der Waals surface area contributed by atoms with Crippen LogP contribution in [0.1, 0.15) is 57.2 Å². The number of benzene rings is 2. The van der Waals surface area contributed by atoms with Crippen LogP contribution in [0.2, 0.25) is 0 Å². The Morgan fingerprint density at radius 3 is 2.28 bits per heavy atom. The van der Waals surface area contributed by atoms with Gasteiger partial charge in [-0.3, -0.25) is 19.8 Å². The number of hydrogen-bond donors (Lipinski definition) is 3. The lowest BCUT2D eigenvalue weighted by Gasteiger charge is -2.35. The molecule has 3 rings (SSSR count). The standard InChI is InChI=1S/C20H28N4O3.C8H9F/c1-12-8-5-6-9-13(12)15(21)18(26)23-16(20(2,3)4)19(27)24-11-7-10-14(24)17(22)25;1-2-7-3-5-8(9)6-4-7/h5-6,8-9,14,16,21H,7,10-11H2,1-4H3,(H2,22,25)(H,23,26);3-6H,2H2,1H3. The monoisotopic (exact) mass is 496 g/mol. The maximum Gasteiger partial charge on any atom is 0.270 e. The van der Waals surface area contributed by atoms with E-state index in [1.807, 2.05) is 46.8 Å². The first-order valence-electron chi connectivity index (χ1n) is 12.2. The minimum absolute atomic E-state index is 0.160. The quantitative estimate of drug-likeness (QED) is 0.529. The zero-order valence-corrected chi connectivity index (χ0v) is 21.7. The van der Waals surface area contributed by atoms with Crippen LogP contribution in [0.15, 0.2) is 48.5 Å². The summed E-state index contributed by atoms with van der Waals surface area (Å²) in [4.78, 5) is 38.9. The van der Waals surface area contributed by atoms with Gasteiger partial charge in [-0.15, -0.1) is 0 Å². The van der Waals surface area contributed by atoms with Crippen LogP contribution < -0.4 is 11.1 Å². The molecule has 36 heavy (non-hydrogen) atoms. The third-order valence-corrected chi connectivity index (χ3v) is 6.22. The zero-order chi connectivity index (χ0) is 27.0. The fourth-order valence-corrected chi connectivity index (χ4v) is 4.04. The normalized spacial score (nSPS) is 15.9. The van der Waals surface area contributed by atoms with Crippen LogP contribution in [0.3, 0.4) is 0 Å². The van der Waals surface area contributed by atoms with Gasteiger partial charge in [-0.25, -0.2) is 4.39 Å². The highest BCUT2D eigenvalue weighted by atomic mass is 19.1. The number of nitrogens with one attached hydrogen (secondary N) is 2. The highest BCUT2D eigenvalue weighted by Crippen LogP contribution is 2.26. The van der Waals surface area contributed by atoms with Crippen molar-refractivity contribution in [3.8, 4) is 0 Å². The molecule has 7 nitrogen and oxygen atoms in total. The number of carbonyl (C=O) groups excluding carboxylic acids is 3. The molecular formula is C28H37FN4O3. The van der Waals surface area contributed by atoms with Crippen LogP contribution in [0.5, 0.6) is 0 Å². The summed E-state index contributed by atoms with van der Waals surface area (Å²) in [7, 11) is 0. The summed E-state index contributed by atoms with van der Waals surface area (Å²) >= 11 is 0. The summed E-state index contributed by atoms with van der Waals surface area (Å²) < 4.78 is 12.2. The Labute approximate surface area is 212 Å². The maximum absolute atomic E-state index is 13.1. The molecule has 3 amide bonds. The van der Waals surface area contributed by atoms with Gasteiger partial charge in [-0.2, -0.15) is 0 Å². The number of halogens is 1. The van der Waals surface area contributed by atoms with Crippen LogP contribution in [-0.2, 0) is 20.8 Å². The van der Waals surface area contributed by atoms with E-state index in [1.165, 1.54) is 22.6 Å². The smallest absolute Gasteiger partial charge is 0.270 e. The van der Waals surface area contributed by atoms with Gasteiger partial charge in [0.25, 0.3) is 5.91 Å². The lowest BCUT2D eigenvalue weighted by Crippen LogP contribution is -2.58. The van der Waals surface area contributed by atoms with Crippen molar-refractivity contribution in [1.82, 2.24) is 10.2 Å². The predicted octanol–water partition coefficient (Wildman–Crippen LogP) is 3.76. The molecule has 194 valence electrons. The Bertz CT molecular complexity index is 1090. The first-order valence-corrected chi connectivity index (χ1v) is 12.2. The summed E-state index contributed by atoms with van der Waals surface area (Å²) in [6.07, 6.45) is 2.20. The molecule has 2 aromatic carbocycles. The van der Waals surface area contributed by atoms with Gasteiger partial charge in [-0.05, 0) is 54.9 Å². The molecule has 4 N–H and O–H groups in total. The topological polar surface area (TPSA) is 116 Å². The molecule has 1 heterocycles. The molecule has 2 unspecified atom stereocenters. The minimum atomic E-state index is -0.866. The summed E-state index contributed by atoms with van der Waals surface area (Å²) in [5.74, 6) is -1.65. The second-order valence-electron chi connectivity index (χ2n) is 10.0. The largest absolute Gasteiger partial charge is 0.368 e. The number of amides is 3. The number of nitrogens with zero attached hydrogens (tertiary/aromatic N) is 1. The summed E-state index contributed by atoms with van der Waals surface area (Å²) in [6.45, 7) is 9.82. The summed E-state index contributed by atoms with van der Waals surface area (Å²) in [5, 5.41) is 10.9. The van der Waals surface area contributed by atoms with E-state index in [-0.39, 0.29) is 17.4 Å². The van der Waals surface area contributed by atoms with Gasteiger partial charge < -0.3 is 16.0 Å². The van der Waals surface area contributed by atoms with E-state index in [0.29, 0.717) is 24.9 Å². The Morgan fingerprint density at radius 1 is 1.14 bits per heavy atom. The third-order valence-electron chi connectivity index (χ3n) is 6.22. The Kier molecular flexibility index (Phi) is 9.90. The average molecular weight is 497 g/mol. The van der Waals surface area contributed by atoms with Crippen molar-refractivity contribution in [3.63, 3.8) is 0 Å². The van der Waals surface area contributed by atoms with Crippen molar-refractivity contribution in [3.05, 3.63) is 71.0 Å². The van der Waals surface area contributed by atoms with E-state index < -0.39 is 29.3 Å². The van der Waals surface area contributed by atoms with Gasteiger partial charge in [0.1, 0.15) is 23.6 Å². The second kappa shape index (κ2) is 12.4. The van der Waals surface area contributed by atoms with Gasteiger partial charge in [-0.1, -0.05) is 64.1 Å². The molecule has 2 aromatic rings. The first-order chi connectivity index (χ1) is 16.9. The van der Waals surface area contributed by atoms with Gasteiger partial charge >= 0.3 is 0 Å². The molecular weight excluding hydrogens is 459 g/mol. The second-order valence-corrected chi connectivity index (χ2v) is 10.0. The molecule has 0 aromatic heterocycles. The number of likely N-dealkylation sites (tertiary alicyclic amines) is 1. The van der Waals surface area contributed by atoms with Crippen molar-refractivity contribution in [1.29, 1.82) is 5.41 Å². The van der Waals surface area contributed by atoms with Gasteiger partial charge in [0.15, 0.2) is 0 Å². The van der Waals surface area contributed by atoms with E-state index in [1.54, 1.807) is 24.3 Å². The SMILES string of the molecule is CCc1ccc(F)cc1.Cc1ccccc1C(=N)C(=O)NC(C(=O)N1CCCC1C(N)=O)C(C)(C)C. The molecule has 8 heteroatoms. The fourth-order valence-electron chi connectivity index (χ4n) is 4.04. The zero-order valence-electron chi connectivity index (χ0n) is 21.7. The number of nitrogens with two attached hydrogens (primary N) is 1. The van der Waals surface area contributed by atoms with Gasteiger partial charge in [0, 0.05) is 12.1 Å². The molecule has 1 aliphatic rings. The number of rotatable bonds is 6. The van der Waals surface area contributed by atoms with Crippen molar-refractivity contribution >= 4 is 23.4 Å². The van der Waals surface area contributed by atoms with Crippen molar-refractivity contribution in [2.24, 2.45) is 11.1 Å². The molecule has 1 saturated heterocycles. The van der Waals surface area contributed by atoms with Crippen LogP contribution in [0, 0.1) is 23.6 Å². The molecule has 0 bridgehead atoms. The third kappa shape index (κ3) is 7.47. The average Bonchev–Trinajstić information content (AvgIpc) is 3.32. The number of carbonyl (C=O) groups is 3. The molecule has 2 atom stereocenters. The van der Waals surface area contributed by atoms with Crippen molar-refractivity contribution in [2.75, 3.05) is 6.54 Å². The predicted molar refractivity (Wildman–Crippen MR) is 139 cm³/mol. The lowest BCUT2D eigenvalue weighted by atomic mass is 9.85. The van der Waals surface area contributed by atoms with Crippen molar-refractivity contribution in [2.45, 2.75) is 66.0 Å². The lowest BCUT2D eigenvalue weighted by molar-refractivity contribution is -0.142. The van der Waals surface area contributed by atoms with E-state index >= 15 is 0 Å². The molecule has 0 spiro atoms. The first kappa shape index (κ1) is 28.7. The minimum Gasteiger partial charge on any atom is -0.368 e. The molecule has 0 radical (unpaired) electrons. The number of primary amides is 1. The van der Waals surface area contributed by atoms with Gasteiger partial charge in [0.05, 0.1) is 0 Å². The van der Waals surface area contributed by atoms with Crippen LogP contribution >= 0.6 is 0 Å². The fraction of sp³-hybridized carbons (Fsp3) is 0.429. The number of aryl methyl sites for hydroxylation is 2. The van der Waals surface area contributed by atoms with Crippen molar-refractivity contribution < 1.29 is 18.8 Å². The van der Waals surface area contributed by atoms with E-state index in [9.17, 15) is 18.8 Å². The highest BCUT2D eigenvalue weighted by molar-refractivity contribution is 6.44. The Hall–Kier alpha value is -3.55. The van der Waals surface area contributed by atoms with Crippen LogP contribution in [0.4, 0.5) is 4.39 Å². The maximum atomic E-state index is 13.1. The Balaban J connectivity index is 0.000000425. The number of hydrogen-bond acceptors (Lipinski definition) is 4. The van der Waals surface area contributed by atoms with Crippen LogP contribution in [0.25, 0.3) is 0 Å². The van der Waals surface area contributed by atoms with E-state index in [0.717, 1.165) is 12.0 Å². The van der Waals surface area contributed by atoms with Gasteiger partial charge in [0.2, 0.25) is 11.8 Å². The van der Waals surface area contributed by atoms with E-state index in [2.05, 4.69) is 5.32 Å². The summed E-state index contributed by atoms with van der Waals surface area (Å²) in [5.41, 5.74) is 7.14. The molecule has 0 aliphatic carbocycles. The van der Waals surface area contributed by atoms with E-state index in [4.69, 9.17) is 11.1 Å². The Morgan fingerprint density at radius 2 is 1.75 bits per heavy atom. The van der Waals surface area contributed by atoms with Crippen LogP contribution in [-0.4, -0.2) is 47.0 Å². The highest BCUT2D eigenvalue weighted by Gasteiger charge is 2.41. The molecule has 1 aliphatic heterocycles. The molecule has 0 saturated carbocycles. The molecule has 1 fully saturated rings. The summed E-state index contributed by atoms with van der Waals surface area (Å²) in [6, 6.07) is 12.2.